The predicted molar refractivity (Wildman–Crippen MR) is 62.6 cm³/mol. The van der Waals surface area contributed by atoms with Gasteiger partial charge in [0.25, 0.3) is 10.1 Å². The largest absolute Gasteiger partial charge is 0.480 e. The van der Waals surface area contributed by atoms with Crippen molar-refractivity contribution < 1.29 is 22.9 Å². The quantitative estimate of drug-likeness (QED) is 0.674. The molecule has 0 amide bonds. The van der Waals surface area contributed by atoms with Crippen LogP contribution in [0.3, 0.4) is 0 Å². The molecule has 94 valence electrons. The first kappa shape index (κ1) is 13.5. The molecule has 0 aliphatic carbocycles. The molecule has 0 aliphatic heterocycles. The number of carboxylic acid groups (broad SMARTS) is 1. The van der Waals surface area contributed by atoms with Gasteiger partial charge in [-0.05, 0) is 19.1 Å². The lowest BCUT2D eigenvalue weighted by atomic mass is 10.2. The van der Waals surface area contributed by atoms with Gasteiger partial charge in [0.05, 0.1) is 0 Å². The van der Waals surface area contributed by atoms with Crippen molar-refractivity contribution in [3.63, 3.8) is 0 Å². The van der Waals surface area contributed by atoms with Crippen LogP contribution in [-0.2, 0) is 14.9 Å². The number of carboxylic acids is 1. The molecule has 0 aromatic heterocycles. The van der Waals surface area contributed by atoms with Crippen molar-refractivity contribution in [3.05, 3.63) is 29.8 Å². The van der Waals surface area contributed by atoms with Gasteiger partial charge < -0.3 is 10.4 Å². The second kappa shape index (κ2) is 5.15. The highest BCUT2D eigenvalue weighted by Gasteiger charge is 2.23. The number of benzene rings is 1. The monoisotopic (exact) mass is 259 g/mol. The van der Waals surface area contributed by atoms with Gasteiger partial charge >= 0.3 is 5.97 Å². The first-order valence-electron chi connectivity index (χ1n) is 4.79. The van der Waals surface area contributed by atoms with E-state index in [1.807, 2.05) is 6.92 Å². The number of carbonyl (C=O) groups is 1. The van der Waals surface area contributed by atoms with E-state index in [-0.39, 0.29) is 0 Å². The molecular weight excluding hydrogens is 246 g/mol. The van der Waals surface area contributed by atoms with Crippen molar-refractivity contribution in [2.75, 3.05) is 11.1 Å². The van der Waals surface area contributed by atoms with Crippen molar-refractivity contribution in [2.45, 2.75) is 13.0 Å². The first-order chi connectivity index (χ1) is 7.78. The fraction of sp³-hybridized carbons (Fsp3) is 0.300. The second-order valence-electron chi connectivity index (χ2n) is 3.65. The van der Waals surface area contributed by atoms with Crippen molar-refractivity contribution in [2.24, 2.45) is 0 Å². The van der Waals surface area contributed by atoms with Gasteiger partial charge in [-0.1, -0.05) is 17.7 Å². The van der Waals surface area contributed by atoms with E-state index in [0.29, 0.717) is 5.69 Å². The van der Waals surface area contributed by atoms with Crippen LogP contribution >= 0.6 is 0 Å². The van der Waals surface area contributed by atoms with E-state index in [1.165, 1.54) is 0 Å². The second-order valence-corrected chi connectivity index (χ2v) is 5.15. The lowest BCUT2D eigenvalue weighted by Gasteiger charge is -2.14. The number of aliphatic carboxylic acids is 1. The van der Waals surface area contributed by atoms with Crippen LogP contribution in [0.2, 0.25) is 0 Å². The molecule has 1 aromatic rings. The minimum absolute atomic E-state index is 0.478. The van der Waals surface area contributed by atoms with Gasteiger partial charge in [-0.15, -0.1) is 0 Å². The van der Waals surface area contributed by atoms with Gasteiger partial charge in [0.1, 0.15) is 11.8 Å². The van der Waals surface area contributed by atoms with Gasteiger partial charge in [-0.3, -0.25) is 4.55 Å². The summed E-state index contributed by atoms with van der Waals surface area (Å²) in [5.74, 6) is -2.22. The lowest BCUT2D eigenvalue weighted by Crippen LogP contribution is -2.36. The molecule has 0 unspecified atom stereocenters. The maximum absolute atomic E-state index is 10.8. The third kappa shape index (κ3) is 4.83. The number of nitrogens with one attached hydrogen (secondary N) is 1. The smallest absolute Gasteiger partial charge is 0.327 e. The molecule has 1 atom stereocenters. The highest BCUT2D eigenvalue weighted by molar-refractivity contribution is 7.85. The molecule has 7 heteroatoms. The van der Waals surface area contributed by atoms with Gasteiger partial charge in [-0.25, -0.2) is 4.79 Å². The molecule has 1 rings (SSSR count). The number of aryl methyl sites for hydroxylation is 1. The zero-order chi connectivity index (χ0) is 13.1. The Morgan fingerprint density at radius 2 is 1.88 bits per heavy atom. The van der Waals surface area contributed by atoms with Crippen molar-refractivity contribution >= 4 is 21.8 Å². The fourth-order valence-electron chi connectivity index (χ4n) is 1.24. The molecular formula is C10H13NO5S. The summed E-state index contributed by atoms with van der Waals surface area (Å²) in [5.41, 5.74) is 1.48. The standard InChI is InChI=1S/C10H13NO5S/c1-7-2-4-8(5-3-7)11-9(10(12)13)6-17(14,15)16/h2-5,9,11H,6H2,1H3,(H,12,13)(H,14,15,16)/t9-/m0/s1. The van der Waals surface area contributed by atoms with Crippen LogP contribution in [0.5, 0.6) is 0 Å². The van der Waals surface area contributed by atoms with Crippen molar-refractivity contribution in [1.82, 2.24) is 0 Å². The van der Waals surface area contributed by atoms with E-state index < -0.39 is 27.9 Å². The summed E-state index contributed by atoms with van der Waals surface area (Å²) < 4.78 is 29.9. The molecule has 3 N–H and O–H groups in total. The number of hydrogen-bond donors (Lipinski definition) is 3. The van der Waals surface area contributed by atoms with E-state index in [1.54, 1.807) is 24.3 Å². The Balaban J connectivity index is 2.80. The molecule has 0 fully saturated rings. The maximum atomic E-state index is 10.8. The Morgan fingerprint density at radius 1 is 1.35 bits per heavy atom. The number of anilines is 1. The SMILES string of the molecule is Cc1ccc(N[C@@H](CS(=O)(=O)O)C(=O)O)cc1. The van der Waals surface area contributed by atoms with Gasteiger partial charge in [0, 0.05) is 5.69 Å². The van der Waals surface area contributed by atoms with Gasteiger partial charge in [0.2, 0.25) is 0 Å². The average molecular weight is 259 g/mol. The summed E-state index contributed by atoms with van der Waals surface area (Å²) in [5, 5.41) is 11.3. The van der Waals surface area contributed by atoms with Crippen molar-refractivity contribution in [1.29, 1.82) is 0 Å². The van der Waals surface area contributed by atoms with Crippen LogP contribution < -0.4 is 5.32 Å². The van der Waals surface area contributed by atoms with Crippen LogP contribution in [0.1, 0.15) is 5.56 Å². The first-order valence-corrected chi connectivity index (χ1v) is 6.40. The minimum atomic E-state index is -4.34. The van der Waals surface area contributed by atoms with Crippen molar-refractivity contribution in [3.8, 4) is 0 Å². The Morgan fingerprint density at radius 3 is 2.29 bits per heavy atom. The summed E-state index contributed by atoms with van der Waals surface area (Å²) in [6.45, 7) is 1.87. The molecule has 0 saturated heterocycles. The van der Waals surface area contributed by atoms with Crippen LogP contribution in [-0.4, -0.2) is 35.8 Å². The Bertz CT molecular complexity index is 494. The summed E-state index contributed by atoms with van der Waals surface area (Å²) in [6, 6.07) is 5.40. The normalized spacial score (nSPS) is 13.1. The summed E-state index contributed by atoms with van der Waals surface area (Å²) in [7, 11) is -4.34. The molecule has 0 saturated carbocycles. The summed E-state index contributed by atoms with van der Waals surface area (Å²) >= 11 is 0. The fourth-order valence-corrected chi connectivity index (χ4v) is 1.88. The van der Waals surface area contributed by atoms with Gasteiger partial charge in [0.15, 0.2) is 0 Å². The summed E-state index contributed by atoms with van der Waals surface area (Å²) in [4.78, 5) is 10.8. The van der Waals surface area contributed by atoms with E-state index in [2.05, 4.69) is 5.32 Å². The van der Waals surface area contributed by atoms with E-state index in [4.69, 9.17) is 9.66 Å². The Kier molecular flexibility index (Phi) is 4.08. The average Bonchev–Trinajstić information content (AvgIpc) is 2.18. The molecule has 0 radical (unpaired) electrons. The van der Waals surface area contributed by atoms with Crippen LogP contribution in [0.15, 0.2) is 24.3 Å². The van der Waals surface area contributed by atoms with Crippen LogP contribution in [0, 0.1) is 6.92 Å². The van der Waals surface area contributed by atoms with E-state index in [0.717, 1.165) is 5.56 Å². The Labute approximate surface area is 99.0 Å². The molecule has 0 bridgehead atoms. The molecule has 0 heterocycles. The summed E-state index contributed by atoms with van der Waals surface area (Å²) in [6.07, 6.45) is 0. The highest BCUT2D eigenvalue weighted by atomic mass is 32.2. The highest BCUT2D eigenvalue weighted by Crippen LogP contribution is 2.10. The Hall–Kier alpha value is -1.60. The van der Waals surface area contributed by atoms with E-state index in [9.17, 15) is 13.2 Å². The number of hydrogen-bond acceptors (Lipinski definition) is 4. The van der Waals surface area contributed by atoms with Gasteiger partial charge in [-0.2, -0.15) is 8.42 Å². The predicted octanol–water partition coefficient (Wildman–Crippen LogP) is 0.748. The molecule has 1 aromatic carbocycles. The lowest BCUT2D eigenvalue weighted by molar-refractivity contribution is -0.137. The minimum Gasteiger partial charge on any atom is -0.480 e. The molecule has 17 heavy (non-hydrogen) atoms. The van der Waals surface area contributed by atoms with Crippen LogP contribution in [0.25, 0.3) is 0 Å². The molecule has 0 spiro atoms. The van der Waals surface area contributed by atoms with E-state index >= 15 is 0 Å². The zero-order valence-corrected chi connectivity index (χ0v) is 9.94. The maximum Gasteiger partial charge on any atom is 0.327 e. The topological polar surface area (TPSA) is 104 Å². The number of rotatable bonds is 5. The molecule has 6 nitrogen and oxygen atoms in total. The van der Waals surface area contributed by atoms with Crippen LogP contribution in [0.4, 0.5) is 5.69 Å². The zero-order valence-electron chi connectivity index (χ0n) is 9.12. The third-order valence-corrected chi connectivity index (χ3v) is 2.82. The molecule has 0 aliphatic rings. The third-order valence-electron chi connectivity index (χ3n) is 2.07.